The fourth-order valence-corrected chi connectivity index (χ4v) is 2.93. The van der Waals surface area contributed by atoms with Crippen LogP contribution in [0.15, 0.2) is 77.7 Å². The Balaban J connectivity index is 1.88. The predicted molar refractivity (Wildman–Crippen MR) is 109 cm³/mol. The average molecular weight is 343 g/mol. The van der Waals surface area contributed by atoms with E-state index in [-0.39, 0.29) is 0 Å². The molecule has 124 valence electrons. The molecule has 0 heterocycles. The van der Waals surface area contributed by atoms with E-state index in [2.05, 4.69) is 105 Å². The number of anilines is 2. The molecule has 0 radical (unpaired) electrons. The van der Waals surface area contributed by atoms with Gasteiger partial charge in [0.05, 0.1) is 11.4 Å². The third-order valence-corrected chi connectivity index (χ3v) is 4.63. The Kier molecular flexibility index (Phi) is 5.48. The van der Waals surface area contributed by atoms with Crippen LogP contribution >= 0.6 is 11.8 Å². The fraction of sp³-hybridized carbons (Fsp3) is 0.130. The van der Waals surface area contributed by atoms with Crippen LogP contribution in [-0.2, 0) is 0 Å². The molecule has 1 nitrogen and oxygen atoms in total. The van der Waals surface area contributed by atoms with E-state index in [1.165, 1.54) is 16.7 Å². The molecule has 0 bridgehead atoms. The van der Waals surface area contributed by atoms with Crippen molar-refractivity contribution in [3.8, 4) is 11.3 Å². The summed E-state index contributed by atoms with van der Waals surface area (Å²) in [6, 6.07) is 28.7. The largest absolute Gasteiger partial charge is 0.269 e. The minimum absolute atomic E-state index is 1.08. The van der Waals surface area contributed by atoms with Gasteiger partial charge in [0.15, 0.2) is 0 Å². The van der Waals surface area contributed by atoms with E-state index in [0.29, 0.717) is 0 Å². The molecule has 0 unspecified atom stereocenters. The van der Waals surface area contributed by atoms with Gasteiger partial charge < -0.3 is 0 Å². The van der Waals surface area contributed by atoms with Gasteiger partial charge in [0.1, 0.15) is 0 Å². The van der Waals surface area contributed by atoms with Crippen molar-refractivity contribution in [3.05, 3.63) is 89.5 Å². The molecule has 0 N–H and O–H groups in total. The second-order valence-electron chi connectivity index (χ2n) is 6.14. The standard InChI is InChI=1S/C23H21NS/c1-18-4-10-21(11-5-18)24(22-12-6-19(2)7-13-22)16-17-25-23-14-8-20(3)9-15-23/h4-15H,1-3H3. The molecule has 0 aromatic heterocycles. The minimum Gasteiger partial charge on any atom is -0.269 e. The monoisotopic (exact) mass is 343 g/mol. The lowest BCUT2D eigenvalue weighted by Crippen LogP contribution is -2.08. The Bertz CT molecular complexity index is 837. The maximum atomic E-state index is 3.30. The number of hydrogen-bond donors (Lipinski definition) is 0. The van der Waals surface area contributed by atoms with E-state index in [1.54, 1.807) is 11.8 Å². The Morgan fingerprint density at radius 3 is 1.44 bits per heavy atom. The number of hydrogen-bond acceptors (Lipinski definition) is 2. The van der Waals surface area contributed by atoms with Crippen LogP contribution < -0.4 is 4.90 Å². The maximum absolute atomic E-state index is 3.30. The van der Waals surface area contributed by atoms with Crippen LogP contribution in [-0.4, -0.2) is 0 Å². The summed E-state index contributed by atoms with van der Waals surface area (Å²) in [7, 11) is 0. The highest BCUT2D eigenvalue weighted by atomic mass is 32.2. The fourth-order valence-electron chi connectivity index (χ4n) is 2.40. The van der Waals surface area contributed by atoms with Crippen molar-refractivity contribution in [3.63, 3.8) is 0 Å². The van der Waals surface area contributed by atoms with Gasteiger partial charge in [-0.25, -0.2) is 0 Å². The highest BCUT2D eigenvalue weighted by molar-refractivity contribution is 8.03. The molecule has 0 amide bonds. The quantitative estimate of drug-likeness (QED) is 0.305. The van der Waals surface area contributed by atoms with Crippen LogP contribution in [0.25, 0.3) is 0 Å². The van der Waals surface area contributed by atoms with E-state index in [0.717, 1.165) is 16.3 Å². The number of nitrogens with zero attached hydrogens (tertiary/aromatic N) is 1. The summed E-state index contributed by atoms with van der Waals surface area (Å²) in [6.45, 7) is 6.29. The summed E-state index contributed by atoms with van der Waals surface area (Å²) in [5.74, 6) is 0. The van der Waals surface area contributed by atoms with Crippen LogP contribution in [0, 0.1) is 32.1 Å². The molecule has 0 aliphatic carbocycles. The molecule has 25 heavy (non-hydrogen) atoms. The number of benzene rings is 3. The smallest absolute Gasteiger partial charge is 0.0546 e. The molecule has 0 spiro atoms. The summed E-state index contributed by atoms with van der Waals surface area (Å²) in [5, 5.41) is 3.24. The van der Waals surface area contributed by atoms with E-state index in [1.807, 2.05) is 4.90 Å². The molecule has 3 aromatic carbocycles. The third kappa shape index (κ3) is 4.68. The zero-order chi connectivity index (χ0) is 17.6. The average Bonchev–Trinajstić information content (AvgIpc) is 2.62. The number of thioether (sulfide) groups is 1. The summed E-state index contributed by atoms with van der Waals surface area (Å²) >= 11 is 1.55. The van der Waals surface area contributed by atoms with Crippen molar-refractivity contribution in [2.75, 3.05) is 4.90 Å². The minimum atomic E-state index is 1.08. The first-order valence-electron chi connectivity index (χ1n) is 8.29. The summed E-state index contributed by atoms with van der Waals surface area (Å²) in [6.07, 6.45) is 0. The highest BCUT2D eigenvalue weighted by Crippen LogP contribution is 2.26. The SMILES string of the molecule is Cc1ccc(SC#CN(c2ccc(C)cc2)c2ccc(C)cc2)cc1. The first-order valence-corrected chi connectivity index (χ1v) is 9.11. The van der Waals surface area contributed by atoms with Gasteiger partial charge in [-0.15, -0.1) is 0 Å². The van der Waals surface area contributed by atoms with Gasteiger partial charge in [-0.3, -0.25) is 4.90 Å². The van der Waals surface area contributed by atoms with E-state index in [9.17, 15) is 0 Å². The number of aryl methyl sites for hydroxylation is 3. The predicted octanol–water partition coefficient (Wildman–Crippen LogP) is 6.46. The van der Waals surface area contributed by atoms with Crippen molar-refractivity contribution < 1.29 is 0 Å². The summed E-state index contributed by atoms with van der Waals surface area (Å²) < 4.78 is 0. The molecular formula is C23H21NS. The maximum Gasteiger partial charge on any atom is 0.0546 e. The Morgan fingerprint density at radius 1 is 0.600 bits per heavy atom. The van der Waals surface area contributed by atoms with Gasteiger partial charge in [0, 0.05) is 10.9 Å². The second-order valence-corrected chi connectivity index (χ2v) is 7.02. The van der Waals surface area contributed by atoms with Crippen LogP contribution in [0.3, 0.4) is 0 Å². The first-order chi connectivity index (χ1) is 12.1. The van der Waals surface area contributed by atoms with Crippen LogP contribution in [0.5, 0.6) is 0 Å². The topological polar surface area (TPSA) is 3.24 Å². The van der Waals surface area contributed by atoms with Crippen LogP contribution in [0.2, 0.25) is 0 Å². The molecule has 0 atom stereocenters. The first kappa shape index (κ1) is 17.2. The second kappa shape index (κ2) is 7.96. The molecule has 0 fully saturated rings. The van der Waals surface area contributed by atoms with Crippen LogP contribution in [0.4, 0.5) is 11.4 Å². The summed E-state index contributed by atoms with van der Waals surface area (Å²) in [5.41, 5.74) is 5.90. The molecule has 3 aromatic rings. The van der Waals surface area contributed by atoms with Crippen molar-refractivity contribution in [1.29, 1.82) is 0 Å². The molecular weight excluding hydrogens is 322 g/mol. The van der Waals surface area contributed by atoms with Crippen molar-refractivity contribution in [2.24, 2.45) is 0 Å². The van der Waals surface area contributed by atoms with Gasteiger partial charge in [-0.1, -0.05) is 53.1 Å². The lowest BCUT2D eigenvalue weighted by Gasteiger charge is -2.18. The molecule has 0 saturated heterocycles. The lowest BCUT2D eigenvalue weighted by atomic mass is 10.2. The highest BCUT2D eigenvalue weighted by Gasteiger charge is 2.06. The van der Waals surface area contributed by atoms with Crippen molar-refractivity contribution in [2.45, 2.75) is 25.7 Å². The molecule has 0 saturated carbocycles. The molecule has 2 heteroatoms. The van der Waals surface area contributed by atoms with Crippen molar-refractivity contribution >= 4 is 23.1 Å². The van der Waals surface area contributed by atoms with E-state index in [4.69, 9.17) is 0 Å². The Labute approximate surface area is 154 Å². The normalized spacial score (nSPS) is 10.0. The van der Waals surface area contributed by atoms with Gasteiger partial charge in [0.2, 0.25) is 0 Å². The van der Waals surface area contributed by atoms with Gasteiger partial charge in [-0.05, 0) is 74.2 Å². The zero-order valence-electron chi connectivity index (χ0n) is 14.8. The van der Waals surface area contributed by atoms with E-state index < -0.39 is 0 Å². The molecule has 0 aliphatic rings. The molecule has 3 rings (SSSR count). The van der Waals surface area contributed by atoms with E-state index >= 15 is 0 Å². The van der Waals surface area contributed by atoms with Gasteiger partial charge >= 0.3 is 0 Å². The van der Waals surface area contributed by atoms with Gasteiger partial charge in [0.25, 0.3) is 0 Å². The third-order valence-electron chi connectivity index (χ3n) is 3.93. The van der Waals surface area contributed by atoms with Gasteiger partial charge in [-0.2, -0.15) is 0 Å². The van der Waals surface area contributed by atoms with Crippen LogP contribution in [0.1, 0.15) is 16.7 Å². The Morgan fingerprint density at radius 2 is 1.00 bits per heavy atom. The number of rotatable bonds is 3. The molecule has 0 aliphatic heterocycles. The summed E-state index contributed by atoms with van der Waals surface area (Å²) in [4.78, 5) is 3.20. The zero-order valence-corrected chi connectivity index (χ0v) is 15.6. The van der Waals surface area contributed by atoms with Crippen molar-refractivity contribution in [1.82, 2.24) is 0 Å². The Hall–Kier alpha value is -2.63. The lowest BCUT2D eigenvalue weighted by molar-refractivity contribution is 1.31.